The Bertz CT molecular complexity index is 1220. The van der Waals surface area contributed by atoms with Gasteiger partial charge in [-0.15, -0.1) is 6.58 Å². The number of allylic oxidation sites excluding steroid dienone is 1. The van der Waals surface area contributed by atoms with Gasteiger partial charge in [-0.2, -0.15) is 0 Å². The molecule has 5 rings (SSSR count). The van der Waals surface area contributed by atoms with Crippen LogP contribution in [0, 0.1) is 0 Å². The van der Waals surface area contributed by atoms with Crippen LogP contribution in [0.2, 0.25) is 0 Å². The third-order valence-corrected chi connectivity index (χ3v) is 5.45. The summed E-state index contributed by atoms with van der Waals surface area (Å²) in [7, 11) is 0. The second-order valence-corrected chi connectivity index (χ2v) is 6.89. The maximum Gasteiger partial charge on any atom is -0.00236 e. The van der Waals surface area contributed by atoms with Crippen LogP contribution in [0.4, 0.5) is 0 Å². The van der Waals surface area contributed by atoms with Gasteiger partial charge < -0.3 is 0 Å². The first-order chi connectivity index (χ1) is 12.4. The number of hydrogen-bond acceptors (Lipinski definition) is 0. The first kappa shape index (κ1) is 14.5. The molecule has 0 saturated carbocycles. The van der Waals surface area contributed by atoms with E-state index >= 15 is 0 Å². The van der Waals surface area contributed by atoms with Gasteiger partial charge in [-0.1, -0.05) is 72.8 Å². The van der Waals surface area contributed by atoms with Crippen LogP contribution in [0.1, 0.15) is 18.4 Å². The summed E-state index contributed by atoms with van der Waals surface area (Å²) in [4.78, 5) is 0. The van der Waals surface area contributed by atoms with E-state index in [1.165, 1.54) is 48.7 Å². The van der Waals surface area contributed by atoms with Crippen molar-refractivity contribution in [3.8, 4) is 0 Å². The largest absolute Gasteiger partial charge is 0.103 e. The number of aryl methyl sites for hydroxylation is 1. The monoisotopic (exact) mass is 320 g/mol. The van der Waals surface area contributed by atoms with Crippen LogP contribution in [0.3, 0.4) is 0 Å². The molecular formula is C25H20. The molecular weight excluding hydrogens is 300 g/mol. The first-order valence-electron chi connectivity index (χ1n) is 9.06. The van der Waals surface area contributed by atoms with E-state index in [1.807, 2.05) is 6.08 Å². The Hall–Kier alpha value is -2.86. The molecule has 0 atom stereocenters. The van der Waals surface area contributed by atoms with E-state index in [2.05, 4.69) is 73.3 Å². The quantitative estimate of drug-likeness (QED) is 0.142. The van der Waals surface area contributed by atoms with E-state index < -0.39 is 0 Å². The predicted molar refractivity (Wildman–Crippen MR) is 111 cm³/mol. The molecule has 0 unspecified atom stereocenters. The topological polar surface area (TPSA) is 0 Å². The van der Waals surface area contributed by atoms with Crippen molar-refractivity contribution in [3.63, 3.8) is 0 Å². The van der Waals surface area contributed by atoms with Crippen LogP contribution in [0.15, 0.2) is 79.4 Å². The molecule has 0 nitrogen and oxygen atoms in total. The van der Waals surface area contributed by atoms with Gasteiger partial charge in [0.15, 0.2) is 0 Å². The number of rotatable bonds is 4. The van der Waals surface area contributed by atoms with E-state index in [-0.39, 0.29) is 0 Å². The molecule has 0 heteroatoms. The molecule has 0 spiro atoms. The highest BCUT2D eigenvalue weighted by molar-refractivity contribution is 6.33. The Morgan fingerprint density at radius 2 is 1.28 bits per heavy atom. The number of hydrogen-bond donors (Lipinski definition) is 0. The van der Waals surface area contributed by atoms with Crippen LogP contribution >= 0.6 is 0 Å². The van der Waals surface area contributed by atoms with Crippen molar-refractivity contribution in [3.05, 3.63) is 84.9 Å². The van der Waals surface area contributed by atoms with Gasteiger partial charge in [-0.25, -0.2) is 0 Å². The normalized spacial score (nSPS) is 11.8. The maximum atomic E-state index is 3.87. The average Bonchev–Trinajstić information content (AvgIpc) is 2.66. The SMILES string of the molecule is C=CCCCc1ccc2cccc3c4cccc5cccc(c1c23)c54. The fraction of sp³-hybridized carbons (Fsp3) is 0.120. The lowest BCUT2D eigenvalue weighted by Gasteiger charge is -2.17. The average molecular weight is 320 g/mol. The van der Waals surface area contributed by atoms with Gasteiger partial charge in [0.05, 0.1) is 0 Å². The van der Waals surface area contributed by atoms with E-state index in [9.17, 15) is 0 Å². The number of unbranched alkanes of at least 4 members (excludes halogenated alkanes) is 1. The van der Waals surface area contributed by atoms with Crippen molar-refractivity contribution in [2.45, 2.75) is 19.3 Å². The molecule has 0 aromatic heterocycles. The van der Waals surface area contributed by atoms with Crippen molar-refractivity contribution in [2.24, 2.45) is 0 Å². The second kappa shape index (κ2) is 5.60. The van der Waals surface area contributed by atoms with Gasteiger partial charge in [-0.05, 0) is 67.9 Å². The molecule has 0 heterocycles. The fourth-order valence-electron chi connectivity index (χ4n) is 4.37. The molecule has 0 bridgehead atoms. The highest BCUT2D eigenvalue weighted by Crippen LogP contribution is 2.41. The van der Waals surface area contributed by atoms with Crippen molar-refractivity contribution >= 4 is 43.1 Å². The Morgan fingerprint density at radius 1 is 0.640 bits per heavy atom. The smallest absolute Gasteiger partial charge is 0.00236 e. The van der Waals surface area contributed by atoms with Gasteiger partial charge in [0.1, 0.15) is 0 Å². The van der Waals surface area contributed by atoms with Crippen LogP contribution in [0.5, 0.6) is 0 Å². The van der Waals surface area contributed by atoms with Crippen molar-refractivity contribution < 1.29 is 0 Å². The molecule has 120 valence electrons. The van der Waals surface area contributed by atoms with Gasteiger partial charge in [0.25, 0.3) is 0 Å². The molecule has 25 heavy (non-hydrogen) atoms. The predicted octanol–water partition coefficient (Wildman–Crippen LogP) is 7.25. The van der Waals surface area contributed by atoms with Gasteiger partial charge in [0.2, 0.25) is 0 Å². The maximum absolute atomic E-state index is 3.87. The summed E-state index contributed by atoms with van der Waals surface area (Å²) in [5, 5.41) is 11.1. The zero-order valence-corrected chi connectivity index (χ0v) is 14.3. The summed E-state index contributed by atoms with van der Waals surface area (Å²) in [5.74, 6) is 0. The van der Waals surface area contributed by atoms with E-state index in [0.29, 0.717) is 0 Å². The minimum absolute atomic E-state index is 1.07. The summed E-state index contributed by atoms with van der Waals surface area (Å²) in [6.45, 7) is 3.87. The molecule has 0 aliphatic heterocycles. The zero-order valence-electron chi connectivity index (χ0n) is 14.3. The summed E-state index contributed by atoms with van der Waals surface area (Å²) in [6, 6.07) is 24.7. The van der Waals surface area contributed by atoms with Crippen molar-refractivity contribution in [1.82, 2.24) is 0 Å². The zero-order chi connectivity index (χ0) is 16.8. The second-order valence-electron chi connectivity index (χ2n) is 6.89. The summed E-state index contributed by atoms with van der Waals surface area (Å²) >= 11 is 0. The van der Waals surface area contributed by atoms with Gasteiger partial charge >= 0.3 is 0 Å². The lowest BCUT2D eigenvalue weighted by atomic mass is 9.87. The third kappa shape index (κ3) is 2.07. The summed E-state index contributed by atoms with van der Waals surface area (Å²) in [5.41, 5.74) is 1.46. The Kier molecular flexibility index (Phi) is 3.24. The third-order valence-electron chi connectivity index (χ3n) is 5.45. The lowest BCUT2D eigenvalue weighted by molar-refractivity contribution is 0.850. The fourth-order valence-corrected chi connectivity index (χ4v) is 4.37. The highest BCUT2D eigenvalue weighted by Gasteiger charge is 2.14. The summed E-state index contributed by atoms with van der Waals surface area (Å²) in [6.07, 6.45) is 5.35. The standard InChI is InChI=1S/C25H20/c1-2-3-4-8-18-15-16-19-11-6-13-21-20-12-5-9-17-10-7-14-22(23(17)20)25(18)24(19)21/h2,5-7,9-16H,1,3-4,8H2. The van der Waals surface area contributed by atoms with Crippen LogP contribution in [-0.2, 0) is 6.42 Å². The molecule has 0 amide bonds. The number of fused-ring (bicyclic) bond motifs is 2. The van der Waals surface area contributed by atoms with E-state index in [0.717, 1.165) is 19.3 Å². The minimum Gasteiger partial charge on any atom is -0.103 e. The number of benzene rings is 5. The molecule has 0 aliphatic rings. The molecule has 0 N–H and O–H groups in total. The molecule has 5 aromatic rings. The van der Waals surface area contributed by atoms with Gasteiger partial charge in [-0.3, -0.25) is 0 Å². The van der Waals surface area contributed by atoms with E-state index in [4.69, 9.17) is 0 Å². The van der Waals surface area contributed by atoms with E-state index in [1.54, 1.807) is 0 Å². The van der Waals surface area contributed by atoms with Crippen LogP contribution in [-0.4, -0.2) is 0 Å². The molecule has 0 saturated heterocycles. The Morgan fingerprint density at radius 3 is 2.00 bits per heavy atom. The lowest BCUT2D eigenvalue weighted by Crippen LogP contribution is -1.92. The van der Waals surface area contributed by atoms with Crippen molar-refractivity contribution in [1.29, 1.82) is 0 Å². The Labute approximate surface area is 147 Å². The first-order valence-corrected chi connectivity index (χ1v) is 9.06. The highest BCUT2D eigenvalue weighted by atomic mass is 14.2. The molecule has 5 aromatic carbocycles. The van der Waals surface area contributed by atoms with Gasteiger partial charge in [0, 0.05) is 0 Å². The van der Waals surface area contributed by atoms with Crippen molar-refractivity contribution in [2.75, 3.05) is 0 Å². The molecule has 0 radical (unpaired) electrons. The molecule has 0 aliphatic carbocycles. The van der Waals surface area contributed by atoms with Crippen LogP contribution < -0.4 is 0 Å². The van der Waals surface area contributed by atoms with Crippen LogP contribution in [0.25, 0.3) is 43.1 Å². The summed E-state index contributed by atoms with van der Waals surface area (Å²) < 4.78 is 0. The Balaban J connectivity index is 2.01. The minimum atomic E-state index is 1.07. The molecule has 0 fully saturated rings.